The molecule has 0 bridgehead atoms. The number of hydrogen-bond donors (Lipinski definition) is 2. The summed E-state index contributed by atoms with van der Waals surface area (Å²) in [5, 5.41) is 8.74. The molecule has 0 unspecified atom stereocenters. The van der Waals surface area contributed by atoms with E-state index in [2.05, 4.69) is 0 Å². The summed E-state index contributed by atoms with van der Waals surface area (Å²) >= 11 is 0. The fourth-order valence-corrected chi connectivity index (χ4v) is 2.82. The van der Waals surface area contributed by atoms with Crippen molar-refractivity contribution < 1.29 is 31.5 Å². The van der Waals surface area contributed by atoms with Crippen LogP contribution in [0.4, 0.5) is 13.2 Å². The van der Waals surface area contributed by atoms with E-state index in [1.807, 2.05) is 4.72 Å². The fourth-order valence-electron chi connectivity index (χ4n) is 1.74. The molecule has 0 atom stereocenters. The van der Waals surface area contributed by atoms with E-state index >= 15 is 0 Å². The lowest BCUT2D eigenvalue weighted by Crippen LogP contribution is -2.24. The summed E-state index contributed by atoms with van der Waals surface area (Å²) in [4.78, 5) is 9.68. The molecule has 0 heterocycles. The van der Waals surface area contributed by atoms with Gasteiger partial charge in [-0.05, 0) is 29.8 Å². The van der Waals surface area contributed by atoms with Gasteiger partial charge < -0.3 is 5.11 Å². The fraction of sp³-hybridized carbons (Fsp3) is 0.0714. The van der Waals surface area contributed by atoms with Crippen molar-refractivity contribution in [3.63, 3.8) is 0 Å². The Bertz CT molecular complexity index is 851. The van der Waals surface area contributed by atoms with Crippen LogP contribution in [0.3, 0.4) is 0 Å². The van der Waals surface area contributed by atoms with Crippen LogP contribution in [-0.2, 0) is 16.6 Å². The zero-order valence-electron chi connectivity index (χ0n) is 11.4. The Kier molecular flexibility index (Phi) is 4.71. The van der Waals surface area contributed by atoms with Gasteiger partial charge in [0.25, 0.3) is 0 Å². The first-order valence-electron chi connectivity index (χ1n) is 6.18. The minimum atomic E-state index is -4.40. The van der Waals surface area contributed by atoms with Crippen molar-refractivity contribution in [3.8, 4) is 0 Å². The number of halogens is 3. The van der Waals surface area contributed by atoms with Crippen LogP contribution in [0.1, 0.15) is 15.9 Å². The van der Waals surface area contributed by atoms with Gasteiger partial charge in [0.1, 0.15) is 4.90 Å². The van der Waals surface area contributed by atoms with Gasteiger partial charge >= 0.3 is 5.97 Å². The number of aromatic carboxylic acids is 1. The number of nitrogens with one attached hydrogen (secondary N) is 1. The van der Waals surface area contributed by atoms with Gasteiger partial charge in [0.15, 0.2) is 17.5 Å². The minimum Gasteiger partial charge on any atom is -0.478 e. The largest absolute Gasteiger partial charge is 0.478 e. The van der Waals surface area contributed by atoms with Crippen molar-refractivity contribution in [2.75, 3.05) is 0 Å². The van der Waals surface area contributed by atoms with Crippen LogP contribution in [-0.4, -0.2) is 19.5 Å². The van der Waals surface area contributed by atoms with E-state index in [1.165, 1.54) is 24.3 Å². The Morgan fingerprint density at radius 1 is 1.00 bits per heavy atom. The highest BCUT2D eigenvalue weighted by atomic mass is 32.2. The maximum absolute atomic E-state index is 13.5. The van der Waals surface area contributed by atoms with Gasteiger partial charge in [-0.15, -0.1) is 0 Å². The van der Waals surface area contributed by atoms with Gasteiger partial charge in [0.2, 0.25) is 10.0 Å². The number of benzene rings is 2. The van der Waals surface area contributed by atoms with E-state index < -0.39 is 38.3 Å². The zero-order valence-corrected chi connectivity index (χ0v) is 12.2. The molecule has 5 nitrogen and oxygen atoms in total. The molecular weight excluding hydrogens is 335 g/mol. The molecule has 0 amide bonds. The molecule has 0 radical (unpaired) electrons. The van der Waals surface area contributed by atoms with Gasteiger partial charge in [-0.2, -0.15) is 0 Å². The molecule has 2 N–H and O–H groups in total. The Morgan fingerprint density at radius 3 is 2.17 bits per heavy atom. The summed E-state index contributed by atoms with van der Waals surface area (Å²) in [6.07, 6.45) is 0. The van der Waals surface area contributed by atoms with E-state index in [-0.39, 0.29) is 12.1 Å². The highest BCUT2D eigenvalue weighted by Crippen LogP contribution is 2.19. The quantitative estimate of drug-likeness (QED) is 0.815. The molecule has 0 aliphatic carbocycles. The summed E-state index contributed by atoms with van der Waals surface area (Å²) < 4.78 is 65.3. The second kappa shape index (κ2) is 6.39. The van der Waals surface area contributed by atoms with Gasteiger partial charge in [-0.1, -0.05) is 12.1 Å². The first-order chi connectivity index (χ1) is 10.7. The Hall–Kier alpha value is -2.39. The first-order valence-corrected chi connectivity index (χ1v) is 7.66. The molecule has 2 aromatic carbocycles. The Labute approximate surface area is 129 Å². The number of carboxylic acid groups (broad SMARTS) is 1. The number of rotatable bonds is 5. The second-order valence-corrected chi connectivity index (χ2v) is 6.24. The van der Waals surface area contributed by atoms with Crippen LogP contribution in [0.5, 0.6) is 0 Å². The zero-order chi connectivity index (χ0) is 17.2. The predicted octanol–water partition coefficient (Wildman–Crippen LogP) is 2.28. The lowest BCUT2D eigenvalue weighted by molar-refractivity contribution is 0.0697. The van der Waals surface area contributed by atoms with Gasteiger partial charge in [-0.3, -0.25) is 0 Å². The standard InChI is InChI=1S/C14H10F3NO4S/c15-10-5-6-11(13(17)12(10)16)23(21,22)18-7-8-1-3-9(4-2-8)14(19)20/h1-6,18H,7H2,(H,19,20). The van der Waals surface area contributed by atoms with E-state index in [0.29, 0.717) is 17.7 Å². The van der Waals surface area contributed by atoms with E-state index in [1.54, 1.807) is 0 Å². The second-order valence-electron chi connectivity index (χ2n) is 4.50. The molecule has 9 heteroatoms. The minimum absolute atomic E-state index is 0.0169. The lowest BCUT2D eigenvalue weighted by atomic mass is 10.1. The van der Waals surface area contributed by atoms with Crippen molar-refractivity contribution in [1.29, 1.82) is 0 Å². The summed E-state index contributed by atoms with van der Waals surface area (Å²) in [5.74, 6) is -6.32. The number of carbonyl (C=O) groups is 1. The van der Waals surface area contributed by atoms with Gasteiger partial charge in [-0.25, -0.2) is 31.1 Å². The summed E-state index contributed by atoms with van der Waals surface area (Å²) in [7, 11) is -4.40. The molecule has 0 aromatic heterocycles. The molecule has 0 aliphatic heterocycles. The highest BCUT2D eigenvalue weighted by molar-refractivity contribution is 7.89. The summed E-state index contributed by atoms with van der Waals surface area (Å²) in [6.45, 7) is -0.277. The predicted molar refractivity (Wildman–Crippen MR) is 73.7 cm³/mol. The maximum atomic E-state index is 13.5. The number of carboxylic acids is 1. The van der Waals surface area contributed by atoms with Crippen molar-refractivity contribution in [1.82, 2.24) is 4.72 Å². The Morgan fingerprint density at radius 2 is 1.61 bits per heavy atom. The molecule has 122 valence electrons. The van der Waals surface area contributed by atoms with Gasteiger partial charge in [0.05, 0.1) is 5.56 Å². The molecule has 0 aliphatic rings. The smallest absolute Gasteiger partial charge is 0.335 e. The van der Waals surface area contributed by atoms with Crippen LogP contribution in [0.2, 0.25) is 0 Å². The van der Waals surface area contributed by atoms with Crippen LogP contribution < -0.4 is 4.72 Å². The van der Waals surface area contributed by atoms with E-state index in [9.17, 15) is 26.4 Å². The molecule has 0 saturated heterocycles. The maximum Gasteiger partial charge on any atom is 0.335 e. The average molecular weight is 345 g/mol. The Balaban J connectivity index is 2.19. The third kappa shape index (κ3) is 3.69. The van der Waals surface area contributed by atoms with Crippen molar-refractivity contribution in [3.05, 3.63) is 65.0 Å². The molecule has 2 rings (SSSR count). The highest BCUT2D eigenvalue weighted by Gasteiger charge is 2.23. The monoisotopic (exact) mass is 345 g/mol. The molecule has 0 spiro atoms. The number of sulfonamides is 1. The summed E-state index contributed by atoms with van der Waals surface area (Å²) in [5.41, 5.74) is 0.421. The van der Waals surface area contributed by atoms with E-state index in [4.69, 9.17) is 5.11 Å². The molecule has 0 fully saturated rings. The lowest BCUT2D eigenvalue weighted by Gasteiger charge is -2.08. The van der Waals surface area contributed by atoms with Crippen LogP contribution in [0.15, 0.2) is 41.3 Å². The molecule has 0 saturated carbocycles. The van der Waals surface area contributed by atoms with Gasteiger partial charge in [0, 0.05) is 6.54 Å². The third-order valence-corrected chi connectivity index (χ3v) is 4.38. The van der Waals surface area contributed by atoms with Crippen molar-refractivity contribution in [2.45, 2.75) is 11.4 Å². The van der Waals surface area contributed by atoms with Crippen LogP contribution in [0, 0.1) is 17.5 Å². The normalized spacial score (nSPS) is 11.4. The third-order valence-electron chi connectivity index (χ3n) is 2.96. The number of hydrogen-bond acceptors (Lipinski definition) is 3. The summed E-state index contributed by atoms with van der Waals surface area (Å²) in [6, 6.07) is 6.40. The first kappa shape index (κ1) is 17.0. The van der Waals surface area contributed by atoms with E-state index in [0.717, 1.165) is 0 Å². The average Bonchev–Trinajstić information content (AvgIpc) is 2.51. The molecule has 2 aromatic rings. The molecule has 23 heavy (non-hydrogen) atoms. The topological polar surface area (TPSA) is 83.5 Å². The van der Waals surface area contributed by atoms with Crippen LogP contribution >= 0.6 is 0 Å². The SMILES string of the molecule is O=C(O)c1ccc(CNS(=O)(=O)c2ccc(F)c(F)c2F)cc1. The van der Waals surface area contributed by atoms with Crippen LogP contribution in [0.25, 0.3) is 0 Å². The van der Waals surface area contributed by atoms with Crippen molar-refractivity contribution >= 4 is 16.0 Å². The van der Waals surface area contributed by atoms with Crippen molar-refractivity contribution in [2.24, 2.45) is 0 Å². The molecular formula is C14H10F3NO4S.